The predicted octanol–water partition coefficient (Wildman–Crippen LogP) is 0.383. The second-order valence-corrected chi connectivity index (χ2v) is 3.50. The van der Waals surface area contributed by atoms with Gasteiger partial charge in [0, 0.05) is 19.8 Å². The van der Waals surface area contributed by atoms with Crippen LogP contribution < -0.4 is 5.32 Å². The molecule has 0 aromatic rings. The van der Waals surface area contributed by atoms with Crippen LogP contribution in [-0.4, -0.2) is 38.0 Å². The van der Waals surface area contributed by atoms with Crippen molar-refractivity contribution >= 4 is 0 Å². The van der Waals surface area contributed by atoms with E-state index >= 15 is 0 Å². The first-order valence-electron chi connectivity index (χ1n) is 4.73. The van der Waals surface area contributed by atoms with E-state index in [0.717, 1.165) is 32.5 Å². The first-order chi connectivity index (χ1) is 5.83. The van der Waals surface area contributed by atoms with Gasteiger partial charge in [-0.15, -0.1) is 0 Å². The number of ether oxygens (including phenoxy) is 1. The lowest BCUT2D eigenvalue weighted by Gasteiger charge is -2.24. The molecule has 72 valence electrons. The highest BCUT2D eigenvalue weighted by Crippen LogP contribution is 2.19. The number of likely N-dealkylation sites (N-methyl/N-ethyl adjacent to an activating group) is 1. The number of hydrogen-bond acceptors (Lipinski definition) is 3. The highest BCUT2D eigenvalue weighted by molar-refractivity contribution is 4.69. The van der Waals surface area contributed by atoms with E-state index < -0.39 is 0 Å². The third kappa shape index (κ3) is 3.52. The Morgan fingerprint density at radius 3 is 2.75 bits per heavy atom. The van der Waals surface area contributed by atoms with E-state index in [4.69, 9.17) is 4.74 Å². The average Bonchev–Trinajstić information content (AvgIpc) is 2.06. The Balaban J connectivity index is 2.11. The number of aliphatic hydroxyl groups is 1. The van der Waals surface area contributed by atoms with Crippen LogP contribution in [0.4, 0.5) is 0 Å². The Bertz CT molecular complexity index is 113. The van der Waals surface area contributed by atoms with Crippen LogP contribution >= 0.6 is 0 Å². The van der Waals surface area contributed by atoms with Gasteiger partial charge in [0.1, 0.15) is 0 Å². The Hall–Kier alpha value is -0.120. The molecule has 1 fully saturated rings. The van der Waals surface area contributed by atoms with E-state index in [1.54, 1.807) is 0 Å². The molecule has 0 amide bonds. The maximum Gasteiger partial charge on any atom is 0.0667 e. The van der Waals surface area contributed by atoms with Crippen molar-refractivity contribution < 1.29 is 9.84 Å². The zero-order valence-electron chi connectivity index (χ0n) is 7.75. The molecule has 2 N–H and O–H groups in total. The third-order valence-corrected chi connectivity index (χ3v) is 2.39. The molecule has 3 heteroatoms. The molecule has 1 aliphatic heterocycles. The summed E-state index contributed by atoms with van der Waals surface area (Å²) in [5.41, 5.74) is 0. The zero-order valence-corrected chi connectivity index (χ0v) is 7.75. The molecule has 1 unspecified atom stereocenters. The van der Waals surface area contributed by atoms with Crippen LogP contribution in [0.5, 0.6) is 0 Å². The molecule has 0 spiro atoms. The van der Waals surface area contributed by atoms with Crippen molar-refractivity contribution in [1.29, 1.82) is 0 Å². The van der Waals surface area contributed by atoms with Crippen LogP contribution in [0.1, 0.15) is 19.3 Å². The van der Waals surface area contributed by atoms with Crippen LogP contribution in [0.2, 0.25) is 0 Å². The number of aliphatic hydroxyl groups excluding tert-OH is 1. The first kappa shape index (κ1) is 9.96. The van der Waals surface area contributed by atoms with Crippen molar-refractivity contribution in [3.8, 4) is 0 Å². The average molecular weight is 173 g/mol. The lowest BCUT2D eigenvalue weighted by atomic mass is 9.94. The fourth-order valence-electron chi connectivity index (χ4n) is 1.69. The summed E-state index contributed by atoms with van der Waals surface area (Å²) in [7, 11) is 1.87. The Morgan fingerprint density at radius 2 is 2.17 bits per heavy atom. The highest BCUT2D eigenvalue weighted by atomic mass is 16.5. The molecular formula is C9H19NO2. The molecule has 0 aromatic carbocycles. The van der Waals surface area contributed by atoms with Crippen LogP contribution in [0.25, 0.3) is 0 Å². The number of rotatable bonds is 4. The van der Waals surface area contributed by atoms with Crippen LogP contribution in [0.3, 0.4) is 0 Å². The van der Waals surface area contributed by atoms with Gasteiger partial charge >= 0.3 is 0 Å². The molecule has 0 aliphatic carbocycles. The lowest BCUT2D eigenvalue weighted by Crippen LogP contribution is -2.28. The molecule has 0 radical (unpaired) electrons. The summed E-state index contributed by atoms with van der Waals surface area (Å²) in [6.07, 6.45) is 2.96. The molecule has 0 saturated carbocycles. The molecular weight excluding hydrogens is 154 g/mol. The van der Waals surface area contributed by atoms with Crippen molar-refractivity contribution in [3.05, 3.63) is 0 Å². The van der Waals surface area contributed by atoms with E-state index in [0.29, 0.717) is 12.5 Å². The normalized spacial score (nSPS) is 22.5. The summed E-state index contributed by atoms with van der Waals surface area (Å²) < 4.78 is 5.24. The second-order valence-electron chi connectivity index (χ2n) is 3.50. The highest BCUT2D eigenvalue weighted by Gasteiger charge is 2.16. The van der Waals surface area contributed by atoms with Gasteiger partial charge in [-0.05, 0) is 32.2 Å². The number of nitrogens with one attached hydrogen (secondary N) is 1. The minimum Gasteiger partial charge on any atom is -0.392 e. The molecule has 1 heterocycles. The van der Waals surface area contributed by atoms with Crippen LogP contribution in [0.15, 0.2) is 0 Å². The Kier molecular flexibility index (Phi) is 4.58. The number of hydrogen-bond donors (Lipinski definition) is 2. The molecule has 3 nitrogen and oxygen atoms in total. The topological polar surface area (TPSA) is 41.5 Å². The quantitative estimate of drug-likeness (QED) is 0.646. The molecule has 1 aliphatic rings. The van der Waals surface area contributed by atoms with Crippen molar-refractivity contribution in [3.63, 3.8) is 0 Å². The summed E-state index contributed by atoms with van der Waals surface area (Å²) in [5.74, 6) is 0.669. The van der Waals surface area contributed by atoms with Gasteiger partial charge in [-0.2, -0.15) is 0 Å². The van der Waals surface area contributed by atoms with Gasteiger partial charge in [0.05, 0.1) is 6.10 Å². The van der Waals surface area contributed by atoms with Gasteiger partial charge in [0.15, 0.2) is 0 Å². The Morgan fingerprint density at radius 1 is 1.50 bits per heavy atom. The molecule has 1 rings (SSSR count). The van der Waals surface area contributed by atoms with E-state index in [-0.39, 0.29) is 6.10 Å². The third-order valence-electron chi connectivity index (χ3n) is 2.39. The van der Waals surface area contributed by atoms with E-state index in [1.165, 1.54) is 0 Å². The molecule has 1 saturated heterocycles. The van der Waals surface area contributed by atoms with E-state index in [1.807, 2.05) is 7.05 Å². The van der Waals surface area contributed by atoms with Gasteiger partial charge in [-0.3, -0.25) is 0 Å². The fraction of sp³-hybridized carbons (Fsp3) is 1.00. The van der Waals surface area contributed by atoms with Gasteiger partial charge in [-0.25, -0.2) is 0 Å². The summed E-state index contributed by atoms with van der Waals surface area (Å²) in [5, 5.41) is 12.5. The van der Waals surface area contributed by atoms with Crippen molar-refractivity contribution in [2.24, 2.45) is 5.92 Å². The molecule has 12 heavy (non-hydrogen) atoms. The standard InChI is InChI=1S/C9H19NO2/c1-10-7-9(11)6-8-2-4-12-5-3-8/h8-11H,2-7H2,1H3. The maximum atomic E-state index is 9.50. The minimum absolute atomic E-state index is 0.182. The van der Waals surface area contributed by atoms with Crippen LogP contribution in [0, 0.1) is 5.92 Å². The fourth-order valence-corrected chi connectivity index (χ4v) is 1.69. The smallest absolute Gasteiger partial charge is 0.0667 e. The van der Waals surface area contributed by atoms with Gasteiger partial charge in [0.2, 0.25) is 0 Å². The monoisotopic (exact) mass is 173 g/mol. The van der Waals surface area contributed by atoms with Crippen molar-refractivity contribution in [2.45, 2.75) is 25.4 Å². The first-order valence-corrected chi connectivity index (χ1v) is 4.73. The molecule has 0 aromatic heterocycles. The Labute approximate surface area is 74.1 Å². The maximum absolute atomic E-state index is 9.50. The summed E-state index contributed by atoms with van der Waals surface area (Å²) in [6.45, 7) is 2.45. The second kappa shape index (κ2) is 5.51. The minimum atomic E-state index is -0.182. The van der Waals surface area contributed by atoms with Crippen molar-refractivity contribution in [2.75, 3.05) is 26.8 Å². The largest absolute Gasteiger partial charge is 0.392 e. The predicted molar refractivity (Wildman–Crippen MR) is 48.1 cm³/mol. The molecule has 1 atom stereocenters. The van der Waals surface area contributed by atoms with Gasteiger partial charge < -0.3 is 15.2 Å². The SMILES string of the molecule is CNCC(O)CC1CCOCC1. The zero-order chi connectivity index (χ0) is 8.81. The van der Waals surface area contributed by atoms with Crippen molar-refractivity contribution in [1.82, 2.24) is 5.32 Å². The van der Waals surface area contributed by atoms with Gasteiger partial charge in [0.25, 0.3) is 0 Å². The summed E-state index contributed by atoms with van der Waals surface area (Å²) in [4.78, 5) is 0. The lowest BCUT2D eigenvalue weighted by molar-refractivity contribution is 0.0442. The summed E-state index contributed by atoms with van der Waals surface area (Å²) >= 11 is 0. The van der Waals surface area contributed by atoms with Gasteiger partial charge in [-0.1, -0.05) is 0 Å². The van der Waals surface area contributed by atoms with E-state index in [9.17, 15) is 5.11 Å². The van der Waals surface area contributed by atoms with Crippen LogP contribution in [-0.2, 0) is 4.74 Å². The van der Waals surface area contributed by atoms with E-state index in [2.05, 4.69) is 5.32 Å². The molecule has 0 bridgehead atoms. The summed E-state index contributed by atoms with van der Waals surface area (Å²) in [6, 6.07) is 0.